The quantitative estimate of drug-likeness (QED) is 0.741. The molecule has 0 unspecified atom stereocenters. The molecule has 0 N–H and O–H groups in total. The van der Waals surface area contributed by atoms with Crippen molar-refractivity contribution < 1.29 is 19.1 Å². The van der Waals surface area contributed by atoms with Crippen molar-refractivity contribution in [3.63, 3.8) is 0 Å². The lowest BCUT2D eigenvalue weighted by Crippen LogP contribution is -2.44. The van der Waals surface area contributed by atoms with Gasteiger partial charge in [0.2, 0.25) is 5.91 Å². The number of hydrogen-bond acceptors (Lipinski definition) is 4. The molecule has 148 valence electrons. The van der Waals surface area contributed by atoms with Crippen molar-refractivity contribution in [1.82, 2.24) is 4.90 Å². The van der Waals surface area contributed by atoms with E-state index in [0.29, 0.717) is 26.3 Å². The van der Waals surface area contributed by atoms with Gasteiger partial charge in [-0.25, -0.2) is 0 Å². The first-order chi connectivity index (χ1) is 13.7. The molecule has 0 spiro atoms. The summed E-state index contributed by atoms with van der Waals surface area (Å²) in [6, 6.07) is 14.1. The summed E-state index contributed by atoms with van der Waals surface area (Å²) < 4.78 is 11.1. The zero-order valence-electron chi connectivity index (χ0n) is 16.2. The zero-order valence-corrected chi connectivity index (χ0v) is 16.2. The van der Waals surface area contributed by atoms with Crippen molar-refractivity contribution in [2.24, 2.45) is 5.41 Å². The maximum absolute atomic E-state index is 13.1. The van der Waals surface area contributed by atoms with Crippen LogP contribution < -0.4 is 0 Å². The number of hydrogen-bond donors (Lipinski definition) is 0. The second-order valence-electron chi connectivity index (χ2n) is 7.87. The van der Waals surface area contributed by atoms with E-state index in [-0.39, 0.29) is 24.9 Å². The highest BCUT2D eigenvalue weighted by atomic mass is 16.5. The number of ether oxygens (including phenoxy) is 2. The lowest BCUT2D eigenvalue weighted by Gasteiger charge is -2.32. The van der Waals surface area contributed by atoms with Crippen LogP contribution in [0.3, 0.4) is 0 Å². The number of rotatable bonds is 5. The Balaban J connectivity index is 1.45. The Morgan fingerprint density at radius 3 is 2.50 bits per heavy atom. The summed E-state index contributed by atoms with van der Waals surface area (Å²) in [7, 11) is 0. The normalized spacial score (nSPS) is 18.9. The van der Waals surface area contributed by atoms with E-state index in [1.54, 1.807) is 0 Å². The van der Waals surface area contributed by atoms with E-state index in [1.807, 2.05) is 35.2 Å². The molecule has 1 heterocycles. The van der Waals surface area contributed by atoms with Crippen LogP contribution >= 0.6 is 0 Å². The van der Waals surface area contributed by atoms with Gasteiger partial charge in [-0.05, 0) is 29.2 Å². The summed E-state index contributed by atoms with van der Waals surface area (Å²) >= 11 is 0. The van der Waals surface area contributed by atoms with Crippen LogP contribution in [-0.4, -0.2) is 43.1 Å². The van der Waals surface area contributed by atoms with Crippen LogP contribution in [0.25, 0.3) is 10.8 Å². The number of carbonyl (C=O) groups excluding carboxylic acids is 2. The predicted molar refractivity (Wildman–Crippen MR) is 107 cm³/mol. The van der Waals surface area contributed by atoms with Gasteiger partial charge in [0.25, 0.3) is 0 Å². The average Bonchev–Trinajstić information content (AvgIpc) is 3.22. The molecule has 1 aliphatic carbocycles. The molecule has 5 heteroatoms. The lowest BCUT2D eigenvalue weighted by molar-refractivity contribution is -0.161. The molecule has 1 amide bonds. The lowest BCUT2D eigenvalue weighted by atomic mass is 9.82. The molecule has 0 bridgehead atoms. The average molecular weight is 381 g/mol. The third kappa shape index (κ3) is 3.90. The Labute approximate surface area is 165 Å². The minimum absolute atomic E-state index is 0.0484. The van der Waals surface area contributed by atoms with E-state index in [9.17, 15) is 9.59 Å². The van der Waals surface area contributed by atoms with Crippen LogP contribution in [0, 0.1) is 5.41 Å². The first kappa shape index (κ1) is 18.9. The monoisotopic (exact) mass is 381 g/mol. The molecule has 0 aromatic heterocycles. The number of carbonyl (C=O) groups is 2. The summed E-state index contributed by atoms with van der Waals surface area (Å²) in [5.41, 5.74) is 0.332. The van der Waals surface area contributed by atoms with Gasteiger partial charge in [0.15, 0.2) is 0 Å². The molecule has 2 aliphatic rings. The molecule has 2 aromatic rings. The summed E-state index contributed by atoms with van der Waals surface area (Å²) in [4.78, 5) is 27.7. The molecule has 2 aromatic carbocycles. The topological polar surface area (TPSA) is 55.8 Å². The molecule has 5 nitrogen and oxygen atoms in total. The summed E-state index contributed by atoms with van der Waals surface area (Å²) in [5, 5.41) is 2.23. The van der Waals surface area contributed by atoms with Gasteiger partial charge in [0, 0.05) is 19.5 Å². The summed E-state index contributed by atoms with van der Waals surface area (Å²) in [6.45, 7) is 2.61. The fraction of sp³-hybridized carbons (Fsp3) is 0.478. The second kappa shape index (κ2) is 8.31. The van der Waals surface area contributed by atoms with Crippen LogP contribution in [0.2, 0.25) is 0 Å². The van der Waals surface area contributed by atoms with Crippen LogP contribution in [0.4, 0.5) is 0 Å². The number of amides is 1. The first-order valence-electron chi connectivity index (χ1n) is 10.2. The smallest absolute Gasteiger partial charge is 0.312 e. The fourth-order valence-corrected chi connectivity index (χ4v) is 4.43. The largest absolute Gasteiger partial charge is 0.460 e. The van der Waals surface area contributed by atoms with Crippen molar-refractivity contribution in [2.45, 2.75) is 38.7 Å². The van der Waals surface area contributed by atoms with Gasteiger partial charge < -0.3 is 14.4 Å². The van der Waals surface area contributed by atoms with Gasteiger partial charge in [-0.3, -0.25) is 9.59 Å². The molecule has 0 atom stereocenters. The molecule has 28 heavy (non-hydrogen) atoms. The van der Waals surface area contributed by atoms with Gasteiger partial charge in [-0.1, -0.05) is 55.3 Å². The van der Waals surface area contributed by atoms with E-state index in [4.69, 9.17) is 9.47 Å². The van der Waals surface area contributed by atoms with Gasteiger partial charge in [0.05, 0.1) is 18.6 Å². The predicted octanol–water partition coefficient (Wildman–Crippen LogP) is 3.69. The molecule has 2 fully saturated rings. The standard InChI is InChI=1S/C23H27NO4/c25-21(24-12-14-27-15-13-24)16-23(10-3-4-11-23)22(26)28-17-19-8-5-7-18-6-1-2-9-20(18)19/h1-2,5-9H,3-4,10-17H2. The fourth-order valence-electron chi connectivity index (χ4n) is 4.43. The van der Waals surface area contributed by atoms with Crippen LogP contribution in [0.1, 0.15) is 37.7 Å². The SMILES string of the molecule is O=C(CC1(C(=O)OCc2cccc3ccccc23)CCCC1)N1CCOCC1. The van der Waals surface area contributed by atoms with Crippen LogP contribution in [0.15, 0.2) is 42.5 Å². The Bertz CT molecular complexity index is 845. The Hall–Kier alpha value is -2.40. The maximum Gasteiger partial charge on any atom is 0.312 e. The number of esters is 1. The third-order valence-electron chi connectivity index (χ3n) is 6.09. The van der Waals surface area contributed by atoms with Crippen molar-refractivity contribution in [3.05, 3.63) is 48.0 Å². The molecule has 1 saturated heterocycles. The highest BCUT2D eigenvalue weighted by molar-refractivity contribution is 5.87. The van der Waals surface area contributed by atoms with E-state index < -0.39 is 5.41 Å². The second-order valence-corrected chi connectivity index (χ2v) is 7.87. The number of nitrogens with zero attached hydrogens (tertiary/aromatic N) is 1. The van der Waals surface area contributed by atoms with E-state index in [2.05, 4.69) is 12.1 Å². The molecule has 4 rings (SSSR count). The third-order valence-corrected chi connectivity index (χ3v) is 6.09. The van der Waals surface area contributed by atoms with E-state index >= 15 is 0 Å². The molecule has 1 saturated carbocycles. The summed E-state index contributed by atoms with van der Waals surface area (Å²) in [5.74, 6) is -0.174. The molecule has 0 radical (unpaired) electrons. The van der Waals surface area contributed by atoms with Crippen molar-refractivity contribution in [2.75, 3.05) is 26.3 Å². The Morgan fingerprint density at radius 2 is 1.71 bits per heavy atom. The Morgan fingerprint density at radius 1 is 1.00 bits per heavy atom. The molecular formula is C23H27NO4. The van der Waals surface area contributed by atoms with Crippen molar-refractivity contribution >= 4 is 22.6 Å². The summed E-state index contributed by atoms with van der Waals surface area (Å²) in [6.07, 6.45) is 3.66. The van der Waals surface area contributed by atoms with Crippen LogP contribution in [-0.2, 0) is 25.7 Å². The van der Waals surface area contributed by atoms with Gasteiger partial charge in [0.1, 0.15) is 6.61 Å². The maximum atomic E-state index is 13.1. The highest BCUT2D eigenvalue weighted by Gasteiger charge is 2.45. The molecular weight excluding hydrogens is 354 g/mol. The number of benzene rings is 2. The first-order valence-corrected chi connectivity index (χ1v) is 10.2. The van der Waals surface area contributed by atoms with Gasteiger partial charge in [-0.15, -0.1) is 0 Å². The highest BCUT2D eigenvalue weighted by Crippen LogP contribution is 2.43. The zero-order chi connectivity index (χ0) is 19.4. The minimum atomic E-state index is -0.667. The van der Waals surface area contributed by atoms with Gasteiger partial charge in [-0.2, -0.15) is 0 Å². The van der Waals surface area contributed by atoms with Crippen molar-refractivity contribution in [3.8, 4) is 0 Å². The molecule has 1 aliphatic heterocycles. The van der Waals surface area contributed by atoms with Crippen LogP contribution in [0.5, 0.6) is 0 Å². The van der Waals surface area contributed by atoms with Gasteiger partial charge >= 0.3 is 5.97 Å². The number of morpholine rings is 1. The van der Waals surface area contributed by atoms with E-state index in [0.717, 1.165) is 42.0 Å². The number of fused-ring (bicyclic) bond motifs is 1. The van der Waals surface area contributed by atoms with Crippen molar-refractivity contribution in [1.29, 1.82) is 0 Å². The van der Waals surface area contributed by atoms with E-state index in [1.165, 1.54) is 0 Å². The Kier molecular flexibility index (Phi) is 5.62. The minimum Gasteiger partial charge on any atom is -0.460 e.